The van der Waals surface area contributed by atoms with Gasteiger partial charge in [0.2, 0.25) is 5.91 Å². The molecule has 0 aliphatic carbocycles. The van der Waals surface area contributed by atoms with Crippen LogP contribution in [-0.2, 0) is 11.2 Å². The Morgan fingerprint density at radius 2 is 1.67 bits per heavy atom. The lowest BCUT2D eigenvalue weighted by molar-refractivity contribution is -0.191. The first-order chi connectivity index (χ1) is 20.0. The van der Waals surface area contributed by atoms with Crippen molar-refractivity contribution >= 4 is 17.9 Å². The van der Waals surface area contributed by atoms with Crippen LogP contribution >= 0.6 is 0 Å². The highest BCUT2D eigenvalue weighted by atomic mass is 16.5. The molecule has 3 amide bonds. The molecule has 2 N–H and O–H groups in total. The molecule has 0 bridgehead atoms. The number of amides is 3. The first kappa shape index (κ1) is 33.1. The second-order valence-corrected chi connectivity index (χ2v) is 11.5. The van der Waals surface area contributed by atoms with Crippen molar-refractivity contribution in [2.75, 3.05) is 19.6 Å². The predicted octanol–water partition coefficient (Wildman–Crippen LogP) is 6.80. The minimum absolute atomic E-state index is 0.237. The Kier molecular flexibility index (Phi) is 11.2. The van der Waals surface area contributed by atoms with Crippen molar-refractivity contribution in [3.63, 3.8) is 0 Å². The average molecular weight is 580 g/mol. The van der Waals surface area contributed by atoms with Gasteiger partial charge in [-0.1, -0.05) is 70.9 Å². The van der Waals surface area contributed by atoms with E-state index in [0.717, 1.165) is 49.2 Å². The number of ether oxygens (including phenoxy) is 1. The van der Waals surface area contributed by atoms with Crippen LogP contribution in [0.4, 0.5) is 4.79 Å². The van der Waals surface area contributed by atoms with Crippen LogP contribution in [0.15, 0.2) is 30.3 Å². The van der Waals surface area contributed by atoms with E-state index in [2.05, 4.69) is 31.0 Å². The smallest absolute Gasteiger partial charge is 0.336 e. The highest BCUT2D eigenvalue weighted by Crippen LogP contribution is 2.47. The van der Waals surface area contributed by atoms with E-state index in [-0.39, 0.29) is 17.5 Å². The van der Waals surface area contributed by atoms with Crippen LogP contribution < -0.4 is 10.1 Å². The Bertz CT molecular complexity index is 1260. The van der Waals surface area contributed by atoms with Crippen molar-refractivity contribution < 1.29 is 24.2 Å². The van der Waals surface area contributed by atoms with E-state index in [1.54, 1.807) is 13.0 Å². The van der Waals surface area contributed by atoms with Crippen molar-refractivity contribution in [1.29, 1.82) is 0 Å². The minimum Gasteiger partial charge on any atom is -0.478 e. The summed E-state index contributed by atoms with van der Waals surface area (Å²) in [5.74, 6) is -0.684. The molecule has 0 saturated carbocycles. The van der Waals surface area contributed by atoms with Gasteiger partial charge in [0.15, 0.2) is 6.23 Å². The quantitative estimate of drug-likeness (QED) is 0.239. The number of aromatic carboxylic acids is 1. The van der Waals surface area contributed by atoms with Gasteiger partial charge in [0.25, 0.3) is 0 Å². The molecule has 2 atom stereocenters. The number of β-lactam (4-membered cyclic amide) rings is 1. The fourth-order valence-electron chi connectivity index (χ4n) is 6.19. The predicted molar refractivity (Wildman–Crippen MR) is 166 cm³/mol. The summed E-state index contributed by atoms with van der Waals surface area (Å²) in [6.45, 7) is 18.3. The monoisotopic (exact) mass is 579 g/mol. The molecule has 0 aromatic heterocycles. The lowest BCUT2D eigenvalue weighted by Crippen LogP contribution is -2.73. The number of nitrogens with one attached hydrogen (secondary N) is 1. The Morgan fingerprint density at radius 3 is 2.19 bits per heavy atom. The zero-order valence-corrected chi connectivity index (χ0v) is 26.7. The summed E-state index contributed by atoms with van der Waals surface area (Å²) in [5.41, 5.74) is 3.61. The zero-order chi connectivity index (χ0) is 31.2. The molecule has 3 rings (SSSR count). The first-order valence-electron chi connectivity index (χ1n) is 15.4. The molecule has 42 heavy (non-hydrogen) atoms. The SMILES string of the molecule is CCCC(NC(=O)N1C(=O)C(CC)(CC)C1Oc1cc(C)c(C(=O)O)c(C)c1CCN(CC)CC)c1ccc(C)cc1. The number of likely N-dealkylation sites (tertiary alicyclic amines) is 1. The van der Waals surface area contributed by atoms with Gasteiger partial charge in [0.1, 0.15) is 11.2 Å². The Balaban J connectivity index is 2.01. The number of nitrogens with zero attached hydrogens (tertiary/aromatic N) is 2. The maximum Gasteiger partial charge on any atom is 0.336 e. The molecule has 8 heteroatoms. The van der Waals surface area contributed by atoms with Gasteiger partial charge < -0.3 is 20.1 Å². The average Bonchev–Trinajstić information content (AvgIpc) is 2.95. The van der Waals surface area contributed by atoms with Gasteiger partial charge in [-0.3, -0.25) is 4.79 Å². The zero-order valence-electron chi connectivity index (χ0n) is 26.7. The summed E-state index contributed by atoms with van der Waals surface area (Å²) in [6, 6.07) is 9.13. The van der Waals surface area contributed by atoms with Crippen molar-refractivity contribution in [1.82, 2.24) is 15.1 Å². The van der Waals surface area contributed by atoms with Crippen LogP contribution in [0, 0.1) is 26.2 Å². The number of carbonyl (C=O) groups is 3. The van der Waals surface area contributed by atoms with Crippen LogP contribution in [0.3, 0.4) is 0 Å². The van der Waals surface area contributed by atoms with E-state index >= 15 is 0 Å². The second kappa shape index (κ2) is 14.2. The van der Waals surface area contributed by atoms with Crippen LogP contribution in [0.1, 0.15) is 105 Å². The van der Waals surface area contributed by atoms with Crippen LogP contribution in [0.2, 0.25) is 0 Å². The largest absolute Gasteiger partial charge is 0.478 e. The highest BCUT2D eigenvalue weighted by Gasteiger charge is 2.63. The van der Waals surface area contributed by atoms with Crippen LogP contribution in [0.25, 0.3) is 0 Å². The molecule has 1 saturated heterocycles. The number of hydrogen-bond acceptors (Lipinski definition) is 5. The van der Waals surface area contributed by atoms with Gasteiger partial charge in [0.05, 0.1) is 11.6 Å². The Hall–Kier alpha value is -3.39. The molecule has 1 aliphatic heterocycles. The van der Waals surface area contributed by atoms with Crippen molar-refractivity contribution in [2.45, 2.75) is 99.8 Å². The lowest BCUT2D eigenvalue weighted by atomic mass is 9.72. The van der Waals surface area contributed by atoms with E-state index in [1.807, 2.05) is 52.0 Å². The van der Waals surface area contributed by atoms with Gasteiger partial charge in [-0.05, 0) is 87.9 Å². The van der Waals surface area contributed by atoms with Crippen LogP contribution in [0.5, 0.6) is 5.75 Å². The molecule has 2 unspecified atom stereocenters. The fraction of sp³-hybridized carbons (Fsp3) is 0.559. The molecule has 0 radical (unpaired) electrons. The number of carboxylic acids is 1. The van der Waals surface area contributed by atoms with Gasteiger partial charge in [-0.25, -0.2) is 14.5 Å². The normalized spacial score (nSPS) is 16.7. The van der Waals surface area contributed by atoms with Crippen LogP contribution in [-0.4, -0.2) is 58.7 Å². The van der Waals surface area contributed by atoms with E-state index in [0.29, 0.717) is 36.1 Å². The molecular formula is C34H49N3O5. The number of hydrogen-bond donors (Lipinski definition) is 2. The molecule has 0 spiro atoms. The van der Waals surface area contributed by atoms with Crippen molar-refractivity contribution in [3.8, 4) is 5.75 Å². The first-order valence-corrected chi connectivity index (χ1v) is 15.4. The molecule has 8 nitrogen and oxygen atoms in total. The standard InChI is InChI=1S/C34H49N3O5/c1-9-14-27(25-17-15-22(6)16-18-25)35-33(41)37-31(40)34(10-2,11-3)32(37)42-28-21-23(7)29(30(38)39)24(8)26(28)19-20-36(12-4)13-5/h15-18,21,27,32H,9-14,19-20H2,1-8H3,(H,35,41)(H,38,39). The summed E-state index contributed by atoms with van der Waals surface area (Å²) < 4.78 is 6.68. The number of benzene rings is 2. The maximum atomic E-state index is 13.8. The Labute approximate surface area is 251 Å². The van der Waals surface area contributed by atoms with Gasteiger partial charge >= 0.3 is 12.0 Å². The topological polar surface area (TPSA) is 99.2 Å². The van der Waals surface area contributed by atoms with Gasteiger partial charge in [-0.2, -0.15) is 0 Å². The number of likely N-dealkylation sites (N-methyl/N-ethyl adjacent to an activating group) is 1. The lowest BCUT2D eigenvalue weighted by Gasteiger charge is -2.53. The Morgan fingerprint density at radius 1 is 1.05 bits per heavy atom. The number of aryl methyl sites for hydroxylation is 2. The molecule has 1 heterocycles. The molecule has 230 valence electrons. The minimum atomic E-state index is -0.977. The molecule has 1 fully saturated rings. The third-order valence-corrected chi connectivity index (χ3v) is 9.08. The summed E-state index contributed by atoms with van der Waals surface area (Å²) >= 11 is 0. The number of carboxylic acid groups (broad SMARTS) is 1. The summed E-state index contributed by atoms with van der Waals surface area (Å²) in [5, 5.41) is 13.1. The third kappa shape index (κ3) is 6.48. The summed E-state index contributed by atoms with van der Waals surface area (Å²) in [4.78, 5) is 43.1. The van der Waals surface area contributed by atoms with Crippen molar-refractivity contribution in [2.24, 2.45) is 5.41 Å². The van der Waals surface area contributed by atoms with E-state index in [9.17, 15) is 19.5 Å². The van der Waals surface area contributed by atoms with E-state index in [4.69, 9.17) is 4.74 Å². The fourth-order valence-corrected chi connectivity index (χ4v) is 6.19. The second-order valence-electron chi connectivity index (χ2n) is 11.5. The number of urea groups is 1. The highest BCUT2D eigenvalue weighted by molar-refractivity contribution is 6.03. The van der Waals surface area contributed by atoms with E-state index < -0.39 is 23.6 Å². The van der Waals surface area contributed by atoms with Gasteiger partial charge in [-0.15, -0.1) is 0 Å². The summed E-state index contributed by atoms with van der Waals surface area (Å²) in [6.07, 6.45) is 2.43. The number of carbonyl (C=O) groups excluding carboxylic acids is 2. The molecule has 2 aromatic rings. The third-order valence-electron chi connectivity index (χ3n) is 9.08. The van der Waals surface area contributed by atoms with Crippen molar-refractivity contribution in [3.05, 3.63) is 63.7 Å². The number of imide groups is 1. The van der Waals surface area contributed by atoms with Gasteiger partial charge in [0, 0.05) is 6.54 Å². The number of rotatable bonds is 14. The summed E-state index contributed by atoms with van der Waals surface area (Å²) in [7, 11) is 0. The maximum absolute atomic E-state index is 13.8. The van der Waals surface area contributed by atoms with E-state index in [1.165, 1.54) is 4.90 Å². The molecule has 1 aliphatic rings. The molecular weight excluding hydrogens is 530 g/mol. The molecule has 2 aromatic carbocycles.